The van der Waals surface area contributed by atoms with Gasteiger partial charge in [-0.2, -0.15) is 0 Å². The summed E-state index contributed by atoms with van der Waals surface area (Å²) in [6.07, 6.45) is 12.3. The first-order chi connectivity index (χ1) is 14.1. The first-order valence-electron chi connectivity index (χ1n) is 9.65. The predicted octanol–water partition coefficient (Wildman–Crippen LogP) is 3.50. The number of rotatable bonds is 6. The van der Waals surface area contributed by atoms with Gasteiger partial charge in [0.1, 0.15) is 5.82 Å². The fourth-order valence-electron chi connectivity index (χ4n) is 3.54. The van der Waals surface area contributed by atoms with Crippen LogP contribution in [0.2, 0.25) is 0 Å². The summed E-state index contributed by atoms with van der Waals surface area (Å²) in [5.41, 5.74) is 1.66. The average molecular weight is 409 g/mol. The molecule has 0 aromatic carbocycles. The summed E-state index contributed by atoms with van der Waals surface area (Å²) >= 11 is 1.63. The quantitative estimate of drug-likeness (QED) is 0.604. The van der Waals surface area contributed by atoms with Gasteiger partial charge in [-0.05, 0) is 56.2 Å². The van der Waals surface area contributed by atoms with Crippen LogP contribution in [0.15, 0.2) is 58.7 Å². The Kier molecular flexibility index (Phi) is 5.80. The van der Waals surface area contributed by atoms with E-state index in [1.807, 2.05) is 43.8 Å². The molecule has 0 aliphatic heterocycles. The van der Waals surface area contributed by atoms with E-state index >= 15 is 0 Å². The molecule has 3 heterocycles. The van der Waals surface area contributed by atoms with E-state index < -0.39 is 0 Å². The highest BCUT2D eigenvalue weighted by Gasteiger charge is 2.25. The van der Waals surface area contributed by atoms with E-state index in [1.54, 1.807) is 34.8 Å². The Morgan fingerprint density at radius 2 is 1.79 bits per heavy atom. The van der Waals surface area contributed by atoms with Gasteiger partial charge in [0.25, 0.3) is 5.56 Å². The van der Waals surface area contributed by atoms with Crippen LogP contribution in [0.25, 0.3) is 5.69 Å². The normalized spacial score (nSPS) is 18.6. The number of thioether (sulfide) groups is 1. The van der Waals surface area contributed by atoms with Crippen molar-refractivity contribution in [3.05, 3.63) is 65.0 Å². The Labute approximate surface area is 174 Å². The zero-order chi connectivity index (χ0) is 20.2. The molecule has 1 saturated carbocycles. The minimum Gasteiger partial charge on any atom is -0.367 e. The molecule has 2 N–H and O–H groups in total. The molecule has 3 aromatic heterocycles. The van der Waals surface area contributed by atoms with Crippen molar-refractivity contribution in [2.24, 2.45) is 0 Å². The molecule has 2 atom stereocenters. The van der Waals surface area contributed by atoms with Crippen LogP contribution in [0.1, 0.15) is 24.8 Å². The third-order valence-electron chi connectivity index (χ3n) is 5.08. The smallest absolute Gasteiger partial charge is 0.255 e. The molecule has 0 bridgehead atoms. The van der Waals surface area contributed by atoms with Gasteiger partial charge >= 0.3 is 0 Å². The Morgan fingerprint density at radius 1 is 1.03 bits per heavy atom. The molecule has 4 rings (SSSR count). The van der Waals surface area contributed by atoms with Crippen molar-refractivity contribution in [3.63, 3.8) is 0 Å². The predicted molar refractivity (Wildman–Crippen MR) is 117 cm³/mol. The lowest BCUT2D eigenvalue weighted by atomic mass is 10.2. The Balaban J connectivity index is 1.34. The van der Waals surface area contributed by atoms with Gasteiger partial charge in [-0.25, -0.2) is 15.0 Å². The van der Waals surface area contributed by atoms with Crippen molar-refractivity contribution in [1.29, 1.82) is 0 Å². The highest BCUT2D eigenvalue weighted by atomic mass is 32.2. The Morgan fingerprint density at radius 3 is 2.45 bits per heavy atom. The van der Waals surface area contributed by atoms with Crippen LogP contribution in [0, 0.1) is 6.92 Å². The molecule has 1 aliphatic carbocycles. The molecule has 0 amide bonds. The van der Waals surface area contributed by atoms with Crippen molar-refractivity contribution < 1.29 is 0 Å². The largest absolute Gasteiger partial charge is 0.367 e. The number of aromatic nitrogens is 4. The van der Waals surface area contributed by atoms with Crippen molar-refractivity contribution in [2.75, 3.05) is 16.9 Å². The van der Waals surface area contributed by atoms with Gasteiger partial charge in [-0.15, -0.1) is 11.8 Å². The highest BCUT2D eigenvalue weighted by Crippen LogP contribution is 2.25. The topological polar surface area (TPSA) is 84.7 Å². The number of aryl methyl sites for hydroxylation is 1. The van der Waals surface area contributed by atoms with Gasteiger partial charge in [0.2, 0.25) is 5.95 Å². The minimum atomic E-state index is -0.0509. The lowest BCUT2D eigenvalue weighted by molar-refractivity contribution is 0.716. The summed E-state index contributed by atoms with van der Waals surface area (Å²) in [6, 6.07) is 8.06. The standard InChI is InChI=1S/C21H24N6OS/c1-14-7-8-27(20(28)9-14)17-5-6-19(22-11-17)25-15-3-4-16(10-15)26-21-23-12-18(29-2)13-24-21/h5-9,11-13,15-16H,3-4,10H2,1-2H3,(H,22,25)(H,23,24,26)/t15-,16-/m0/s1. The van der Waals surface area contributed by atoms with E-state index in [4.69, 9.17) is 0 Å². The van der Waals surface area contributed by atoms with Crippen LogP contribution in [0.3, 0.4) is 0 Å². The monoisotopic (exact) mass is 408 g/mol. The number of hydrogen-bond acceptors (Lipinski definition) is 7. The lowest BCUT2D eigenvalue weighted by Gasteiger charge is -2.15. The molecule has 1 aliphatic rings. The first kappa shape index (κ1) is 19.4. The first-order valence-corrected chi connectivity index (χ1v) is 10.9. The van der Waals surface area contributed by atoms with Gasteiger partial charge in [0, 0.05) is 41.6 Å². The number of nitrogens with one attached hydrogen (secondary N) is 2. The average Bonchev–Trinajstić information content (AvgIpc) is 3.16. The van der Waals surface area contributed by atoms with E-state index in [9.17, 15) is 4.79 Å². The highest BCUT2D eigenvalue weighted by molar-refractivity contribution is 7.98. The minimum absolute atomic E-state index is 0.0509. The molecule has 0 saturated heterocycles. The number of hydrogen-bond donors (Lipinski definition) is 2. The van der Waals surface area contributed by atoms with E-state index in [-0.39, 0.29) is 5.56 Å². The third-order valence-corrected chi connectivity index (χ3v) is 5.77. The number of pyridine rings is 2. The molecule has 0 spiro atoms. The van der Waals surface area contributed by atoms with Crippen LogP contribution in [-0.2, 0) is 0 Å². The molecular formula is C21H24N6OS. The summed E-state index contributed by atoms with van der Waals surface area (Å²) in [5.74, 6) is 1.50. The van der Waals surface area contributed by atoms with E-state index in [0.29, 0.717) is 18.0 Å². The number of anilines is 2. The fraction of sp³-hybridized carbons (Fsp3) is 0.333. The van der Waals surface area contributed by atoms with E-state index in [2.05, 4.69) is 25.6 Å². The zero-order valence-electron chi connectivity index (χ0n) is 16.5. The van der Waals surface area contributed by atoms with Gasteiger partial charge in [-0.3, -0.25) is 9.36 Å². The maximum atomic E-state index is 12.1. The molecule has 150 valence electrons. The molecule has 1 fully saturated rings. The summed E-state index contributed by atoms with van der Waals surface area (Å²) in [5, 5.41) is 6.91. The second kappa shape index (κ2) is 8.65. The SMILES string of the molecule is CSc1cnc(N[C@H]2CC[C@H](Nc3ccc(-n4ccc(C)cc4=O)cn3)C2)nc1. The van der Waals surface area contributed by atoms with Crippen molar-refractivity contribution >= 4 is 23.5 Å². The molecule has 0 unspecified atom stereocenters. The maximum absolute atomic E-state index is 12.1. The fourth-order valence-corrected chi connectivity index (χ4v) is 3.85. The van der Waals surface area contributed by atoms with Crippen LogP contribution in [0.4, 0.5) is 11.8 Å². The summed E-state index contributed by atoms with van der Waals surface area (Å²) in [7, 11) is 0. The Hall–Kier alpha value is -2.87. The molecule has 0 radical (unpaired) electrons. The molecule has 7 nitrogen and oxygen atoms in total. The second-order valence-electron chi connectivity index (χ2n) is 7.26. The Bertz CT molecular complexity index is 1020. The second-order valence-corrected chi connectivity index (χ2v) is 8.14. The molecule has 29 heavy (non-hydrogen) atoms. The van der Waals surface area contributed by atoms with Crippen molar-refractivity contribution in [3.8, 4) is 5.69 Å². The molecule has 8 heteroatoms. The van der Waals surface area contributed by atoms with E-state index in [1.165, 1.54) is 0 Å². The van der Waals surface area contributed by atoms with Gasteiger partial charge < -0.3 is 10.6 Å². The van der Waals surface area contributed by atoms with Crippen LogP contribution >= 0.6 is 11.8 Å². The summed E-state index contributed by atoms with van der Waals surface area (Å²) in [4.78, 5) is 26.4. The molecular weight excluding hydrogens is 384 g/mol. The van der Waals surface area contributed by atoms with Crippen LogP contribution < -0.4 is 16.2 Å². The maximum Gasteiger partial charge on any atom is 0.255 e. The molecule has 3 aromatic rings. The van der Waals surface area contributed by atoms with Crippen molar-refractivity contribution in [2.45, 2.75) is 43.2 Å². The summed E-state index contributed by atoms with van der Waals surface area (Å²) in [6.45, 7) is 1.91. The lowest BCUT2D eigenvalue weighted by Crippen LogP contribution is -2.22. The zero-order valence-corrected chi connectivity index (χ0v) is 17.3. The van der Waals surface area contributed by atoms with Crippen LogP contribution in [-0.4, -0.2) is 37.9 Å². The van der Waals surface area contributed by atoms with Gasteiger partial charge in [0.15, 0.2) is 0 Å². The third kappa shape index (κ3) is 4.76. The van der Waals surface area contributed by atoms with Gasteiger partial charge in [-0.1, -0.05) is 0 Å². The van der Waals surface area contributed by atoms with E-state index in [0.717, 1.165) is 41.2 Å². The number of nitrogens with zero attached hydrogens (tertiary/aromatic N) is 4. The summed E-state index contributed by atoms with van der Waals surface area (Å²) < 4.78 is 1.60. The van der Waals surface area contributed by atoms with Crippen molar-refractivity contribution in [1.82, 2.24) is 19.5 Å². The van der Waals surface area contributed by atoms with Gasteiger partial charge in [0.05, 0.1) is 11.9 Å². The van der Waals surface area contributed by atoms with Crippen LogP contribution in [0.5, 0.6) is 0 Å².